The van der Waals surface area contributed by atoms with Gasteiger partial charge in [-0.05, 0) is 36.4 Å². The van der Waals surface area contributed by atoms with Gasteiger partial charge in [-0.1, -0.05) is 6.07 Å². The number of carbonyl (C=O) groups excluding carboxylic acids is 1. The van der Waals surface area contributed by atoms with Crippen molar-refractivity contribution in [1.29, 1.82) is 0 Å². The predicted molar refractivity (Wildman–Crippen MR) is 94.6 cm³/mol. The Hall–Kier alpha value is -2.05. The van der Waals surface area contributed by atoms with Crippen LogP contribution in [0.2, 0.25) is 0 Å². The molecule has 1 aromatic heterocycles. The number of anilines is 1. The average molecular weight is 331 g/mol. The lowest BCUT2D eigenvalue weighted by Gasteiger charge is -2.07. The zero-order valence-corrected chi connectivity index (χ0v) is 13.7. The number of thioether (sulfide) groups is 1. The van der Waals surface area contributed by atoms with Crippen molar-refractivity contribution < 1.29 is 9.53 Å². The Bertz CT molecular complexity index is 591. The molecule has 0 spiro atoms. The van der Waals surface area contributed by atoms with Gasteiger partial charge in [-0.15, -0.1) is 0 Å². The van der Waals surface area contributed by atoms with E-state index < -0.39 is 0 Å². The van der Waals surface area contributed by atoms with Crippen LogP contribution in [-0.2, 0) is 10.5 Å². The van der Waals surface area contributed by atoms with Crippen LogP contribution in [0.4, 0.5) is 5.69 Å². The molecule has 0 unspecified atom stereocenters. The topological polar surface area (TPSA) is 77.2 Å². The lowest BCUT2D eigenvalue weighted by atomic mass is 10.3. The molecule has 1 amide bonds. The molecule has 0 saturated heterocycles. The summed E-state index contributed by atoms with van der Waals surface area (Å²) >= 11 is 1.70. The number of nitrogens with one attached hydrogen (secondary N) is 1. The number of benzene rings is 1. The van der Waals surface area contributed by atoms with E-state index in [1.807, 2.05) is 42.5 Å². The van der Waals surface area contributed by atoms with Crippen molar-refractivity contribution in [3.8, 4) is 5.75 Å². The van der Waals surface area contributed by atoms with E-state index >= 15 is 0 Å². The molecule has 0 aliphatic carbocycles. The van der Waals surface area contributed by atoms with Crippen LogP contribution < -0.4 is 15.8 Å². The quantitative estimate of drug-likeness (QED) is 0.691. The zero-order valence-electron chi connectivity index (χ0n) is 12.9. The first-order valence-corrected chi connectivity index (χ1v) is 8.64. The number of nitrogens with two attached hydrogens (primary N) is 1. The number of hydrogen-bond donors (Lipinski definition) is 2. The highest BCUT2D eigenvalue weighted by Crippen LogP contribution is 2.16. The largest absolute Gasteiger partial charge is 0.492 e. The molecule has 0 aliphatic rings. The van der Waals surface area contributed by atoms with Crippen molar-refractivity contribution >= 4 is 23.4 Å². The minimum absolute atomic E-state index is 0.00847. The molecule has 0 fully saturated rings. The Balaban J connectivity index is 1.66. The van der Waals surface area contributed by atoms with E-state index in [9.17, 15) is 4.79 Å². The summed E-state index contributed by atoms with van der Waals surface area (Å²) in [6.07, 6.45) is 2.26. The number of hydrogen-bond acceptors (Lipinski definition) is 5. The van der Waals surface area contributed by atoms with Gasteiger partial charge >= 0.3 is 0 Å². The van der Waals surface area contributed by atoms with Gasteiger partial charge in [-0.2, -0.15) is 11.8 Å². The summed E-state index contributed by atoms with van der Waals surface area (Å²) in [7, 11) is 0. The summed E-state index contributed by atoms with van der Waals surface area (Å²) in [5, 5.41) is 2.88. The number of rotatable bonds is 9. The van der Waals surface area contributed by atoms with Gasteiger partial charge in [0.1, 0.15) is 12.4 Å². The number of aromatic nitrogens is 1. The fourth-order valence-electron chi connectivity index (χ4n) is 1.86. The van der Waals surface area contributed by atoms with E-state index in [4.69, 9.17) is 10.5 Å². The first-order valence-electron chi connectivity index (χ1n) is 7.48. The maximum atomic E-state index is 11.9. The molecule has 3 N–H and O–H groups in total. The van der Waals surface area contributed by atoms with Crippen molar-refractivity contribution in [1.82, 2.24) is 4.98 Å². The third-order valence-corrected chi connectivity index (χ3v) is 3.97. The van der Waals surface area contributed by atoms with Crippen molar-refractivity contribution in [2.75, 3.05) is 24.2 Å². The molecule has 23 heavy (non-hydrogen) atoms. The molecule has 0 saturated carbocycles. The Morgan fingerprint density at radius 3 is 2.74 bits per heavy atom. The second-order valence-electron chi connectivity index (χ2n) is 4.83. The van der Waals surface area contributed by atoms with E-state index in [-0.39, 0.29) is 5.91 Å². The standard InChI is InChI=1S/C17H21N3O2S/c18-9-11-22-16-6-4-14(5-7-16)20-17(21)8-12-23-13-15-3-1-2-10-19-15/h1-7,10H,8-9,11-13,18H2,(H,20,21). The van der Waals surface area contributed by atoms with Gasteiger partial charge in [0.2, 0.25) is 5.91 Å². The van der Waals surface area contributed by atoms with Gasteiger partial charge in [0, 0.05) is 36.4 Å². The molecule has 2 aromatic rings. The number of amides is 1. The molecular formula is C17H21N3O2S. The van der Waals surface area contributed by atoms with Gasteiger partial charge < -0.3 is 15.8 Å². The molecule has 6 heteroatoms. The van der Waals surface area contributed by atoms with Crippen LogP contribution in [0, 0.1) is 0 Å². The van der Waals surface area contributed by atoms with Crippen molar-refractivity contribution in [3.63, 3.8) is 0 Å². The molecule has 1 heterocycles. The molecule has 122 valence electrons. The van der Waals surface area contributed by atoms with E-state index in [0.29, 0.717) is 19.6 Å². The SMILES string of the molecule is NCCOc1ccc(NC(=O)CCSCc2ccccn2)cc1. The maximum absolute atomic E-state index is 11.9. The highest BCUT2D eigenvalue weighted by atomic mass is 32.2. The fraction of sp³-hybridized carbons (Fsp3) is 0.294. The van der Waals surface area contributed by atoms with Gasteiger partial charge in [0.15, 0.2) is 0 Å². The summed E-state index contributed by atoms with van der Waals surface area (Å²) in [6.45, 7) is 0.966. The number of nitrogens with zero attached hydrogens (tertiary/aromatic N) is 1. The zero-order chi connectivity index (χ0) is 16.3. The van der Waals surface area contributed by atoms with E-state index in [0.717, 1.165) is 28.6 Å². The van der Waals surface area contributed by atoms with Crippen LogP contribution in [0.1, 0.15) is 12.1 Å². The maximum Gasteiger partial charge on any atom is 0.225 e. The highest BCUT2D eigenvalue weighted by Gasteiger charge is 2.03. The summed E-state index contributed by atoms with van der Waals surface area (Å²) < 4.78 is 5.39. The van der Waals surface area contributed by atoms with Crippen LogP contribution in [0.3, 0.4) is 0 Å². The lowest BCUT2D eigenvalue weighted by molar-refractivity contribution is -0.115. The number of ether oxygens (including phenoxy) is 1. The van der Waals surface area contributed by atoms with Gasteiger partial charge in [0.05, 0.1) is 5.69 Å². The Morgan fingerprint density at radius 1 is 1.22 bits per heavy atom. The van der Waals surface area contributed by atoms with Crippen molar-refractivity contribution in [2.24, 2.45) is 5.73 Å². The van der Waals surface area contributed by atoms with E-state index in [2.05, 4.69) is 10.3 Å². The lowest BCUT2D eigenvalue weighted by Crippen LogP contribution is -2.12. The first-order chi connectivity index (χ1) is 11.3. The van der Waals surface area contributed by atoms with Crippen molar-refractivity contribution in [3.05, 3.63) is 54.4 Å². The van der Waals surface area contributed by atoms with Gasteiger partial charge in [0.25, 0.3) is 0 Å². The molecular weight excluding hydrogens is 310 g/mol. The smallest absolute Gasteiger partial charge is 0.225 e. The summed E-state index contributed by atoms with van der Waals surface area (Å²) in [6, 6.07) is 13.1. The normalized spacial score (nSPS) is 10.3. The molecule has 2 rings (SSSR count). The molecule has 1 aromatic carbocycles. The van der Waals surface area contributed by atoms with Gasteiger partial charge in [-0.3, -0.25) is 9.78 Å². The summed E-state index contributed by atoms with van der Waals surface area (Å²) in [4.78, 5) is 16.1. The van der Waals surface area contributed by atoms with Crippen molar-refractivity contribution in [2.45, 2.75) is 12.2 Å². The second kappa shape index (κ2) is 9.86. The monoisotopic (exact) mass is 331 g/mol. The van der Waals surface area contributed by atoms with Crippen LogP contribution in [0.5, 0.6) is 5.75 Å². The van der Waals surface area contributed by atoms with Crippen LogP contribution in [0.25, 0.3) is 0 Å². The summed E-state index contributed by atoms with van der Waals surface area (Å²) in [5.74, 6) is 2.34. The average Bonchev–Trinajstić information content (AvgIpc) is 2.59. The second-order valence-corrected chi connectivity index (χ2v) is 5.94. The minimum Gasteiger partial charge on any atom is -0.492 e. The molecule has 0 radical (unpaired) electrons. The van der Waals surface area contributed by atoms with Gasteiger partial charge in [-0.25, -0.2) is 0 Å². The third kappa shape index (κ3) is 6.71. The number of carbonyl (C=O) groups is 1. The number of pyridine rings is 1. The Morgan fingerprint density at radius 2 is 2.04 bits per heavy atom. The molecule has 5 nitrogen and oxygen atoms in total. The molecule has 0 aliphatic heterocycles. The Kier molecular flexibility index (Phi) is 7.42. The summed E-state index contributed by atoms with van der Waals surface area (Å²) in [5.41, 5.74) is 7.18. The fourth-order valence-corrected chi connectivity index (χ4v) is 2.71. The van der Waals surface area contributed by atoms with Crippen LogP contribution in [-0.4, -0.2) is 29.8 Å². The predicted octanol–water partition coefficient (Wildman–Crippen LogP) is 2.68. The molecule has 0 atom stereocenters. The van der Waals surface area contributed by atoms with E-state index in [1.54, 1.807) is 18.0 Å². The third-order valence-electron chi connectivity index (χ3n) is 2.97. The van der Waals surface area contributed by atoms with E-state index in [1.165, 1.54) is 0 Å². The minimum atomic E-state index is 0.00847. The van der Waals surface area contributed by atoms with Crippen LogP contribution in [0.15, 0.2) is 48.7 Å². The first kappa shape index (κ1) is 17.3. The Labute approximate surface area is 140 Å². The molecule has 0 bridgehead atoms. The van der Waals surface area contributed by atoms with Crippen LogP contribution >= 0.6 is 11.8 Å². The highest BCUT2D eigenvalue weighted by molar-refractivity contribution is 7.98.